The molecule has 0 fully saturated rings. The van der Waals surface area contributed by atoms with Gasteiger partial charge in [-0.15, -0.1) is 0 Å². The van der Waals surface area contributed by atoms with Crippen molar-refractivity contribution in [3.8, 4) is 0 Å². The summed E-state index contributed by atoms with van der Waals surface area (Å²) in [6.45, 7) is 0. The Morgan fingerprint density at radius 3 is 2.53 bits per heavy atom. The van der Waals surface area contributed by atoms with Crippen LogP contribution < -0.4 is 0 Å². The zero-order valence-electron chi connectivity index (χ0n) is 7.64. The zero-order chi connectivity index (χ0) is 11.5. The lowest BCUT2D eigenvalue weighted by Crippen LogP contribution is -2.09. The molecule has 0 spiro atoms. The van der Waals surface area contributed by atoms with Crippen LogP contribution in [0.5, 0.6) is 0 Å². The Morgan fingerprint density at radius 2 is 2.00 bits per heavy atom. The smallest absolute Gasteiger partial charge is 0.303 e. The molecule has 82 valence electrons. The van der Waals surface area contributed by atoms with Gasteiger partial charge in [0.2, 0.25) is 0 Å². The molecule has 0 aliphatic heterocycles. The fraction of sp³-hybridized carbons (Fsp3) is 0.300. The van der Waals surface area contributed by atoms with Crippen LogP contribution >= 0.6 is 11.6 Å². The molecular formula is C10H8ClF3O. The minimum atomic E-state index is -4.43. The standard InChI is InChI=1S/C10H8ClF3O/c11-9-5-1-4-8(10(12,13)14)7(9)3-2-6-15/h1,4-6H,2-3H2. The van der Waals surface area contributed by atoms with Crippen molar-refractivity contribution >= 4 is 17.9 Å². The summed E-state index contributed by atoms with van der Waals surface area (Å²) in [5, 5.41) is 0.0478. The van der Waals surface area contributed by atoms with Crippen LogP contribution in [0.4, 0.5) is 13.2 Å². The van der Waals surface area contributed by atoms with Gasteiger partial charge >= 0.3 is 6.18 Å². The Labute approximate surface area is 89.9 Å². The molecule has 1 aromatic carbocycles. The predicted molar refractivity (Wildman–Crippen MR) is 50.8 cm³/mol. The molecule has 0 N–H and O–H groups in total. The van der Waals surface area contributed by atoms with Crippen molar-refractivity contribution in [1.29, 1.82) is 0 Å². The first-order valence-electron chi connectivity index (χ1n) is 4.25. The molecule has 0 aliphatic carbocycles. The minimum absolute atomic E-state index is 0.0119. The average molecular weight is 237 g/mol. The molecule has 0 radical (unpaired) electrons. The summed E-state index contributed by atoms with van der Waals surface area (Å²) in [5.74, 6) is 0. The molecule has 0 bridgehead atoms. The van der Waals surface area contributed by atoms with Gasteiger partial charge in [-0.3, -0.25) is 0 Å². The summed E-state index contributed by atoms with van der Waals surface area (Å²) in [4.78, 5) is 10.1. The maximum atomic E-state index is 12.5. The lowest BCUT2D eigenvalue weighted by Gasteiger charge is -2.13. The van der Waals surface area contributed by atoms with E-state index in [9.17, 15) is 18.0 Å². The van der Waals surface area contributed by atoms with E-state index in [1.807, 2.05) is 0 Å². The fourth-order valence-electron chi connectivity index (χ4n) is 1.28. The molecule has 0 amide bonds. The number of rotatable bonds is 3. The molecule has 0 aliphatic rings. The number of benzene rings is 1. The van der Waals surface area contributed by atoms with Crippen molar-refractivity contribution in [2.45, 2.75) is 19.0 Å². The fourth-order valence-corrected chi connectivity index (χ4v) is 1.55. The molecule has 1 rings (SSSR count). The third kappa shape index (κ3) is 2.96. The molecule has 0 heterocycles. The van der Waals surface area contributed by atoms with Crippen LogP contribution in [0.15, 0.2) is 18.2 Å². The highest BCUT2D eigenvalue weighted by atomic mass is 35.5. The van der Waals surface area contributed by atoms with E-state index in [-0.39, 0.29) is 23.4 Å². The molecule has 5 heteroatoms. The molecular weight excluding hydrogens is 229 g/mol. The monoisotopic (exact) mass is 236 g/mol. The van der Waals surface area contributed by atoms with Crippen LogP contribution in [0, 0.1) is 0 Å². The van der Waals surface area contributed by atoms with Gasteiger partial charge in [-0.05, 0) is 24.1 Å². The van der Waals surface area contributed by atoms with E-state index in [0.717, 1.165) is 6.07 Å². The van der Waals surface area contributed by atoms with Crippen molar-refractivity contribution in [2.75, 3.05) is 0 Å². The Kier molecular flexibility index (Phi) is 3.74. The van der Waals surface area contributed by atoms with Crippen molar-refractivity contribution in [3.63, 3.8) is 0 Å². The third-order valence-electron chi connectivity index (χ3n) is 1.94. The van der Waals surface area contributed by atoms with E-state index in [1.165, 1.54) is 12.1 Å². The molecule has 0 saturated carbocycles. The topological polar surface area (TPSA) is 17.1 Å². The van der Waals surface area contributed by atoms with Gasteiger partial charge in [0.25, 0.3) is 0 Å². The van der Waals surface area contributed by atoms with E-state index in [2.05, 4.69) is 0 Å². The van der Waals surface area contributed by atoms with Gasteiger partial charge in [0.15, 0.2) is 0 Å². The van der Waals surface area contributed by atoms with Gasteiger partial charge in [0.05, 0.1) is 5.56 Å². The first-order chi connectivity index (χ1) is 6.96. The highest BCUT2D eigenvalue weighted by Gasteiger charge is 2.33. The molecule has 0 atom stereocenters. The molecule has 1 aromatic rings. The van der Waals surface area contributed by atoms with E-state index >= 15 is 0 Å². The van der Waals surface area contributed by atoms with Crippen LogP contribution in [0.3, 0.4) is 0 Å². The van der Waals surface area contributed by atoms with Gasteiger partial charge in [-0.25, -0.2) is 0 Å². The molecule has 0 aromatic heterocycles. The SMILES string of the molecule is O=CCCc1c(Cl)cccc1C(F)(F)F. The lowest BCUT2D eigenvalue weighted by molar-refractivity contribution is -0.138. The summed E-state index contributed by atoms with van der Waals surface area (Å²) < 4.78 is 37.5. The first-order valence-corrected chi connectivity index (χ1v) is 4.63. The highest BCUT2D eigenvalue weighted by Crippen LogP contribution is 2.35. The van der Waals surface area contributed by atoms with Crippen LogP contribution in [0.1, 0.15) is 17.5 Å². The van der Waals surface area contributed by atoms with Gasteiger partial charge in [0, 0.05) is 11.4 Å². The van der Waals surface area contributed by atoms with Gasteiger partial charge in [0.1, 0.15) is 6.29 Å². The number of aldehydes is 1. The highest BCUT2D eigenvalue weighted by molar-refractivity contribution is 6.31. The third-order valence-corrected chi connectivity index (χ3v) is 2.29. The average Bonchev–Trinajstić information content (AvgIpc) is 2.14. The quantitative estimate of drug-likeness (QED) is 0.735. The Morgan fingerprint density at radius 1 is 1.33 bits per heavy atom. The Bertz CT molecular complexity index is 360. The van der Waals surface area contributed by atoms with Crippen LogP contribution in [-0.2, 0) is 17.4 Å². The molecule has 0 unspecified atom stereocenters. The number of hydrogen-bond donors (Lipinski definition) is 0. The van der Waals surface area contributed by atoms with E-state index < -0.39 is 11.7 Å². The van der Waals surface area contributed by atoms with Crippen molar-refractivity contribution in [3.05, 3.63) is 34.3 Å². The van der Waals surface area contributed by atoms with Gasteiger partial charge in [-0.1, -0.05) is 17.7 Å². The maximum Gasteiger partial charge on any atom is 0.416 e. The van der Waals surface area contributed by atoms with Crippen LogP contribution in [0.2, 0.25) is 5.02 Å². The minimum Gasteiger partial charge on any atom is -0.303 e. The van der Waals surface area contributed by atoms with E-state index in [1.54, 1.807) is 0 Å². The van der Waals surface area contributed by atoms with Gasteiger partial charge < -0.3 is 4.79 Å². The van der Waals surface area contributed by atoms with Gasteiger partial charge in [-0.2, -0.15) is 13.2 Å². The summed E-state index contributed by atoms with van der Waals surface area (Å²) >= 11 is 5.66. The second kappa shape index (κ2) is 4.66. The Balaban J connectivity index is 3.14. The van der Waals surface area contributed by atoms with Crippen molar-refractivity contribution in [2.24, 2.45) is 0 Å². The number of halogens is 4. The summed E-state index contributed by atoms with van der Waals surface area (Å²) in [5.41, 5.74) is -0.782. The Hall–Kier alpha value is -1.03. The number of alkyl halides is 3. The number of carbonyl (C=O) groups excluding carboxylic acids is 1. The van der Waals surface area contributed by atoms with E-state index in [0.29, 0.717) is 6.29 Å². The normalized spacial score (nSPS) is 11.5. The molecule has 1 nitrogen and oxygen atoms in total. The molecule has 0 saturated heterocycles. The number of hydrogen-bond acceptors (Lipinski definition) is 1. The van der Waals surface area contributed by atoms with Crippen LogP contribution in [0.25, 0.3) is 0 Å². The van der Waals surface area contributed by atoms with Crippen molar-refractivity contribution < 1.29 is 18.0 Å². The maximum absolute atomic E-state index is 12.5. The van der Waals surface area contributed by atoms with Crippen LogP contribution in [-0.4, -0.2) is 6.29 Å². The van der Waals surface area contributed by atoms with E-state index in [4.69, 9.17) is 11.6 Å². The second-order valence-corrected chi connectivity index (χ2v) is 3.38. The first kappa shape index (κ1) is 12.0. The predicted octanol–water partition coefficient (Wildman–Crippen LogP) is 3.49. The molecule has 15 heavy (non-hydrogen) atoms. The largest absolute Gasteiger partial charge is 0.416 e. The summed E-state index contributed by atoms with van der Waals surface area (Å²) in [6.07, 6.45) is -3.81. The summed E-state index contributed by atoms with van der Waals surface area (Å²) in [6, 6.07) is 3.60. The zero-order valence-corrected chi connectivity index (χ0v) is 8.40. The second-order valence-electron chi connectivity index (χ2n) is 2.97. The van der Waals surface area contributed by atoms with Crippen molar-refractivity contribution in [1.82, 2.24) is 0 Å². The lowest BCUT2D eigenvalue weighted by atomic mass is 10.0. The summed E-state index contributed by atoms with van der Waals surface area (Å²) in [7, 11) is 0. The number of carbonyl (C=O) groups is 1.